The van der Waals surface area contributed by atoms with Crippen molar-refractivity contribution < 1.29 is 13.2 Å². The van der Waals surface area contributed by atoms with E-state index in [1.807, 2.05) is 31.2 Å². The highest BCUT2D eigenvalue weighted by Crippen LogP contribution is 2.25. The maximum Gasteiger partial charge on any atom is 0.239 e. The van der Waals surface area contributed by atoms with Crippen LogP contribution in [0.2, 0.25) is 0 Å². The van der Waals surface area contributed by atoms with Gasteiger partial charge < -0.3 is 11.1 Å². The van der Waals surface area contributed by atoms with Gasteiger partial charge in [-0.2, -0.15) is 4.52 Å². The van der Waals surface area contributed by atoms with Crippen molar-refractivity contribution in [3.63, 3.8) is 0 Å². The number of hydrogen-bond donors (Lipinski definition) is 2. The van der Waals surface area contributed by atoms with Crippen LogP contribution in [0.1, 0.15) is 13.3 Å². The molecule has 4 aromatic rings. The predicted octanol–water partition coefficient (Wildman–Crippen LogP) is 2.02. The number of benzene rings is 2. The van der Waals surface area contributed by atoms with E-state index in [2.05, 4.69) is 20.4 Å². The monoisotopic (exact) mass is 424 g/mol. The molecule has 4 rings (SSSR count). The Bertz CT molecular complexity index is 1380. The van der Waals surface area contributed by atoms with E-state index in [0.29, 0.717) is 34.9 Å². The van der Waals surface area contributed by atoms with Gasteiger partial charge >= 0.3 is 0 Å². The highest BCUT2D eigenvalue weighted by atomic mass is 32.2. The first-order valence-corrected chi connectivity index (χ1v) is 11.2. The van der Waals surface area contributed by atoms with Crippen LogP contribution in [0.15, 0.2) is 53.4 Å². The summed E-state index contributed by atoms with van der Waals surface area (Å²) in [5.74, 6) is 0.169. The Labute approximate surface area is 172 Å². The van der Waals surface area contributed by atoms with E-state index in [0.717, 1.165) is 11.6 Å². The molecule has 0 unspecified atom stereocenters. The molecule has 0 aliphatic heterocycles. The molecular formula is C20H20N6O3S. The molecule has 0 saturated heterocycles. The van der Waals surface area contributed by atoms with E-state index < -0.39 is 21.8 Å². The molecule has 154 valence electrons. The van der Waals surface area contributed by atoms with Crippen LogP contribution in [0, 0.1) is 0 Å². The van der Waals surface area contributed by atoms with Gasteiger partial charge in [-0.25, -0.2) is 18.4 Å². The second-order valence-electron chi connectivity index (χ2n) is 6.93. The number of rotatable bonds is 6. The highest BCUT2D eigenvalue weighted by molar-refractivity contribution is 7.90. The summed E-state index contributed by atoms with van der Waals surface area (Å²) in [4.78, 5) is 21.1. The molecule has 2 aromatic heterocycles. The van der Waals surface area contributed by atoms with Crippen LogP contribution in [0.3, 0.4) is 0 Å². The van der Waals surface area contributed by atoms with Crippen LogP contribution in [-0.2, 0) is 14.6 Å². The van der Waals surface area contributed by atoms with Crippen molar-refractivity contribution >= 4 is 38.2 Å². The van der Waals surface area contributed by atoms with Gasteiger partial charge in [-0.3, -0.25) is 4.79 Å². The summed E-state index contributed by atoms with van der Waals surface area (Å²) >= 11 is 0. The molecule has 1 amide bonds. The third-order valence-corrected chi connectivity index (χ3v) is 5.86. The van der Waals surface area contributed by atoms with Crippen molar-refractivity contribution in [3.05, 3.63) is 48.5 Å². The van der Waals surface area contributed by atoms with Gasteiger partial charge in [0.25, 0.3) is 0 Å². The topological polar surface area (TPSA) is 132 Å². The molecule has 2 aromatic carbocycles. The molecule has 0 aliphatic rings. The van der Waals surface area contributed by atoms with Crippen LogP contribution >= 0.6 is 0 Å². The van der Waals surface area contributed by atoms with Crippen LogP contribution in [-0.4, -0.2) is 46.2 Å². The number of aromatic nitrogens is 4. The molecule has 1 atom stereocenters. The smallest absolute Gasteiger partial charge is 0.239 e. The zero-order valence-corrected chi connectivity index (χ0v) is 17.2. The van der Waals surface area contributed by atoms with Crippen molar-refractivity contribution in [2.24, 2.45) is 5.73 Å². The standard InChI is InChI=1S/C20H20N6O3S/c1-3-15(17(21)27)22-20-23-16-10-5-4-9-14(16)19-24-18(25-26(19)20)12-7-6-8-13(11-12)30(2,28)29/h4-11,15H,3H2,1-2H3,(H2,21,27)(H,22,23)/t15-/m1/s1. The molecule has 2 heterocycles. The number of amides is 1. The molecule has 0 aliphatic carbocycles. The molecule has 30 heavy (non-hydrogen) atoms. The number of anilines is 1. The van der Waals surface area contributed by atoms with Crippen molar-refractivity contribution in [1.82, 2.24) is 19.6 Å². The van der Waals surface area contributed by atoms with E-state index in [1.165, 1.54) is 16.6 Å². The predicted molar refractivity (Wildman–Crippen MR) is 114 cm³/mol. The number of carbonyl (C=O) groups is 1. The first kappa shape index (κ1) is 19.8. The van der Waals surface area contributed by atoms with E-state index >= 15 is 0 Å². The quantitative estimate of drug-likeness (QED) is 0.484. The van der Waals surface area contributed by atoms with Gasteiger partial charge in [0.15, 0.2) is 21.3 Å². The highest BCUT2D eigenvalue weighted by Gasteiger charge is 2.19. The summed E-state index contributed by atoms with van der Waals surface area (Å²) in [5.41, 5.74) is 7.23. The molecule has 0 fully saturated rings. The normalized spacial score (nSPS) is 12.9. The number of nitrogens with two attached hydrogens (primary N) is 1. The number of hydrogen-bond acceptors (Lipinski definition) is 7. The van der Waals surface area contributed by atoms with Gasteiger partial charge in [0.05, 0.1) is 10.4 Å². The molecule has 10 heteroatoms. The Hall–Kier alpha value is -3.53. The lowest BCUT2D eigenvalue weighted by molar-refractivity contribution is -0.118. The second-order valence-corrected chi connectivity index (χ2v) is 8.95. The second kappa shape index (κ2) is 7.38. The van der Waals surface area contributed by atoms with Crippen LogP contribution in [0.5, 0.6) is 0 Å². The van der Waals surface area contributed by atoms with E-state index in [-0.39, 0.29) is 4.90 Å². The lowest BCUT2D eigenvalue weighted by Gasteiger charge is -2.15. The number of sulfone groups is 1. The number of nitrogens with one attached hydrogen (secondary N) is 1. The first-order chi connectivity index (χ1) is 14.3. The number of nitrogens with zero attached hydrogens (tertiary/aromatic N) is 4. The van der Waals surface area contributed by atoms with Crippen molar-refractivity contribution in [2.75, 3.05) is 11.6 Å². The molecular weight excluding hydrogens is 404 g/mol. The number of carbonyl (C=O) groups excluding carboxylic acids is 1. The fourth-order valence-electron chi connectivity index (χ4n) is 3.17. The lowest BCUT2D eigenvalue weighted by atomic mass is 10.2. The Kier molecular flexibility index (Phi) is 4.86. The summed E-state index contributed by atoms with van der Waals surface area (Å²) in [7, 11) is -3.37. The van der Waals surface area contributed by atoms with Gasteiger partial charge in [-0.1, -0.05) is 31.2 Å². The largest absolute Gasteiger partial charge is 0.368 e. The van der Waals surface area contributed by atoms with Crippen molar-refractivity contribution in [2.45, 2.75) is 24.3 Å². The average molecular weight is 424 g/mol. The minimum absolute atomic E-state index is 0.181. The SMILES string of the molecule is CC[C@@H](Nc1nc2ccccc2c2nc(-c3cccc(S(C)(=O)=O)c3)nn12)C(N)=O. The molecule has 9 nitrogen and oxygen atoms in total. The Morgan fingerprint density at radius 1 is 1.17 bits per heavy atom. The summed E-state index contributed by atoms with van der Waals surface area (Å²) in [6.07, 6.45) is 1.63. The minimum Gasteiger partial charge on any atom is -0.368 e. The Balaban J connectivity index is 1.94. The minimum atomic E-state index is -3.37. The van der Waals surface area contributed by atoms with Gasteiger partial charge in [-0.05, 0) is 30.7 Å². The van der Waals surface area contributed by atoms with Gasteiger partial charge in [-0.15, -0.1) is 5.10 Å². The van der Waals surface area contributed by atoms with Crippen LogP contribution in [0.4, 0.5) is 5.95 Å². The maximum atomic E-state index is 11.9. The van der Waals surface area contributed by atoms with Crippen LogP contribution < -0.4 is 11.1 Å². The summed E-state index contributed by atoms with van der Waals surface area (Å²) in [5, 5.41) is 8.35. The number of fused-ring (bicyclic) bond motifs is 3. The van der Waals surface area contributed by atoms with Gasteiger partial charge in [0.1, 0.15) is 6.04 Å². The fraction of sp³-hybridized carbons (Fsp3) is 0.200. The van der Waals surface area contributed by atoms with E-state index in [9.17, 15) is 13.2 Å². The fourth-order valence-corrected chi connectivity index (χ4v) is 3.83. The molecule has 0 spiro atoms. The summed E-state index contributed by atoms with van der Waals surface area (Å²) in [6, 6.07) is 13.3. The van der Waals surface area contributed by atoms with Gasteiger partial charge in [0, 0.05) is 17.2 Å². The van der Waals surface area contributed by atoms with Crippen molar-refractivity contribution in [1.29, 1.82) is 0 Å². The number of para-hydroxylation sites is 1. The number of primary amides is 1. The zero-order valence-electron chi connectivity index (χ0n) is 16.4. The lowest BCUT2D eigenvalue weighted by Crippen LogP contribution is -2.35. The van der Waals surface area contributed by atoms with Crippen molar-refractivity contribution in [3.8, 4) is 11.4 Å². The summed E-state index contributed by atoms with van der Waals surface area (Å²) in [6.45, 7) is 1.84. The van der Waals surface area contributed by atoms with Gasteiger partial charge in [0.2, 0.25) is 11.9 Å². The molecule has 0 radical (unpaired) electrons. The van der Waals surface area contributed by atoms with E-state index in [1.54, 1.807) is 12.1 Å². The van der Waals surface area contributed by atoms with Crippen LogP contribution in [0.25, 0.3) is 27.9 Å². The Morgan fingerprint density at radius 2 is 1.93 bits per heavy atom. The molecule has 0 saturated carbocycles. The first-order valence-electron chi connectivity index (χ1n) is 9.30. The third kappa shape index (κ3) is 3.57. The molecule has 0 bridgehead atoms. The average Bonchev–Trinajstić information content (AvgIpc) is 3.17. The Morgan fingerprint density at radius 3 is 2.63 bits per heavy atom. The zero-order chi connectivity index (χ0) is 21.5. The third-order valence-electron chi connectivity index (χ3n) is 4.75. The maximum absolute atomic E-state index is 11.9. The summed E-state index contributed by atoms with van der Waals surface area (Å²) < 4.78 is 25.4. The van der Waals surface area contributed by atoms with E-state index in [4.69, 9.17) is 5.73 Å². The molecule has 3 N–H and O–H groups in total.